The summed E-state index contributed by atoms with van der Waals surface area (Å²) in [6, 6.07) is 11.6. The second-order valence-corrected chi connectivity index (χ2v) is 8.40. The molecule has 1 N–H and O–H groups in total. The lowest BCUT2D eigenvalue weighted by Gasteiger charge is -2.21. The van der Waals surface area contributed by atoms with E-state index >= 15 is 0 Å². The first kappa shape index (κ1) is 19.9. The maximum absolute atomic E-state index is 12.5. The fourth-order valence-corrected chi connectivity index (χ4v) is 4.46. The summed E-state index contributed by atoms with van der Waals surface area (Å²) in [6.45, 7) is 1.30. The number of nitrogens with zero attached hydrogens (tertiary/aromatic N) is 3. The Morgan fingerprint density at radius 1 is 1.24 bits per heavy atom. The SMILES string of the molecule is Cn1nccc1-c1ncc(Sc2cccc(NC(=O)C3CCOCC3)c2)cc1Cl. The number of carbonyl (C=O) groups excluding carboxylic acids is 1. The van der Waals surface area contributed by atoms with Crippen molar-refractivity contribution in [1.29, 1.82) is 0 Å². The van der Waals surface area contributed by atoms with Crippen LogP contribution in [0.2, 0.25) is 5.02 Å². The predicted octanol–water partition coefficient (Wildman–Crippen LogP) is 4.65. The van der Waals surface area contributed by atoms with E-state index in [1.165, 1.54) is 0 Å². The number of anilines is 1. The van der Waals surface area contributed by atoms with Crippen molar-refractivity contribution < 1.29 is 9.53 Å². The molecule has 3 heterocycles. The molecule has 0 unspecified atom stereocenters. The molecule has 1 aliphatic heterocycles. The van der Waals surface area contributed by atoms with Gasteiger partial charge in [-0.2, -0.15) is 5.10 Å². The van der Waals surface area contributed by atoms with Gasteiger partial charge in [-0.15, -0.1) is 0 Å². The van der Waals surface area contributed by atoms with Gasteiger partial charge in [-0.25, -0.2) is 0 Å². The molecule has 3 aromatic rings. The zero-order chi connectivity index (χ0) is 20.2. The van der Waals surface area contributed by atoms with Crippen LogP contribution in [-0.2, 0) is 16.6 Å². The molecule has 1 fully saturated rings. The molecular formula is C21H21ClN4O2S. The Kier molecular flexibility index (Phi) is 6.18. The number of rotatable bonds is 5. The molecule has 6 nitrogen and oxygen atoms in total. The van der Waals surface area contributed by atoms with Crippen LogP contribution in [0.5, 0.6) is 0 Å². The predicted molar refractivity (Wildman–Crippen MR) is 114 cm³/mol. The van der Waals surface area contributed by atoms with Crippen LogP contribution in [-0.4, -0.2) is 33.9 Å². The summed E-state index contributed by atoms with van der Waals surface area (Å²) in [7, 11) is 1.86. The highest BCUT2D eigenvalue weighted by Crippen LogP contribution is 2.34. The van der Waals surface area contributed by atoms with Gasteiger partial charge in [-0.1, -0.05) is 29.4 Å². The Balaban J connectivity index is 1.46. The van der Waals surface area contributed by atoms with E-state index < -0.39 is 0 Å². The van der Waals surface area contributed by atoms with Crippen LogP contribution < -0.4 is 5.32 Å². The lowest BCUT2D eigenvalue weighted by Crippen LogP contribution is -2.28. The number of pyridine rings is 1. The maximum Gasteiger partial charge on any atom is 0.227 e. The van der Waals surface area contributed by atoms with Gasteiger partial charge >= 0.3 is 0 Å². The Morgan fingerprint density at radius 3 is 2.79 bits per heavy atom. The van der Waals surface area contributed by atoms with Gasteiger partial charge in [0.2, 0.25) is 5.91 Å². The van der Waals surface area contributed by atoms with Gasteiger partial charge < -0.3 is 10.1 Å². The standard InChI is InChI=1S/C21H21ClN4O2S/c1-26-19(5-8-24-26)20-18(22)12-17(13-23-20)29-16-4-2-3-15(11-16)25-21(27)14-6-9-28-10-7-14/h2-5,8,11-14H,6-7,9-10H2,1H3,(H,25,27). The fourth-order valence-electron chi connectivity index (χ4n) is 3.25. The van der Waals surface area contributed by atoms with E-state index in [2.05, 4.69) is 15.4 Å². The molecule has 0 saturated carbocycles. The number of benzene rings is 1. The van der Waals surface area contributed by atoms with E-state index in [9.17, 15) is 4.79 Å². The average molecular weight is 429 g/mol. The second kappa shape index (κ2) is 8.98. The van der Waals surface area contributed by atoms with Crippen molar-refractivity contribution in [1.82, 2.24) is 14.8 Å². The van der Waals surface area contributed by atoms with E-state index in [0.717, 1.165) is 34.0 Å². The smallest absolute Gasteiger partial charge is 0.227 e. The molecule has 1 amide bonds. The van der Waals surface area contributed by atoms with Crippen molar-refractivity contribution in [3.8, 4) is 11.4 Å². The number of aromatic nitrogens is 3. The van der Waals surface area contributed by atoms with E-state index in [-0.39, 0.29) is 11.8 Å². The van der Waals surface area contributed by atoms with Crippen molar-refractivity contribution in [2.24, 2.45) is 13.0 Å². The molecular weight excluding hydrogens is 408 g/mol. The van der Waals surface area contributed by atoms with E-state index in [0.29, 0.717) is 23.9 Å². The van der Waals surface area contributed by atoms with Gasteiger partial charge in [0, 0.05) is 54.1 Å². The highest BCUT2D eigenvalue weighted by Gasteiger charge is 2.21. The molecule has 1 aliphatic rings. The van der Waals surface area contributed by atoms with Crippen LogP contribution in [0, 0.1) is 5.92 Å². The summed E-state index contributed by atoms with van der Waals surface area (Å²) in [4.78, 5) is 18.9. The van der Waals surface area contributed by atoms with Crippen LogP contribution in [0.25, 0.3) is 11.4 Å². The minimum absolute atomic E-state index is 0.0163. The molecule has 0 atom stereocenters. The largest absolute Gasteiger partial charge is 0.381 e. The topological polar surface area (TPSA) is 69.0 Å². The third kappa shape index (κ3) is 4.80. The zero-order valence-electron chi connectivity index (χ0n) is 16.0. The summed E-state index contributed by atoms with van der Waals surface area (Å²) < 4.78 is 7.07. The molecule has 29 heavy (non-hydrogen) atoms. The highest BCUT2D eigenvalue weighted by atomic mass is 35.5. The van der Waals surface area contributed by atoms with Gasteiger partial charge in [0.1, 0.15) is 5.69 Å². The quantitative estimate of drug-likeness (QED) is 0.640. The monoisotopic (exact) mass is 428 g/mol. The number of hydrogen-bond donors (Lipinski definition) is 1. The molecule has 1 saturated heterocycles. The molecule has 8 heteroatoms. The molecule has 150 valence electrons. The number of halogens is 1. The van der Waals surface area contributed by atoms with Crippen LogP contribution in [0.4, 0.5) is 5.69 Å². The molecule has 4 rings (SSSR count). The van der Waals surface area contributed by atoms with Crippen LogP contribution in [0.3, 0.4) is 0 Å². The molecule has 0 spiro atoms. The summed E-state index contributed by atoms with van der Waals surface area (Å²) in [5.41, 5.74) is 2.36. The van der Waals surface area contributed by atoms with Crippen LogP contribution >= 0.6 is 23.4 Å². The number of carbonyl (C=O) groups is 1. The Morgan fingerprint density at radius 2 is 2.07 bits per heavy atom. The Hall–Kier alpha value is -2.35. The van der Waals surface area contributed by atoms with Crippen LogP contribution in [0.1, 0.15) is 12.8 Å². The summed E-state index contributed by atoms with van der Waals surface area (Å²) in [6.07, 6.45) is 5.06. The van der Waals surface area contributed by atoms with Crippen molar-refractivity contribution in [2.75, 3.05) is 18.5 Å². The first-order chi connectivity index (χ1) is 14.1. The van der Waals surface area contributed by atoms with E-state index in [1.807, 2.05) is 43.4 Å². The third-order valence-electron chi connectivity index (χ3n) is 4.81. The average Bonchev–Trinajstić information content (AvgIpc) is 3.15. The van der Waals surface area contributed by atoms with E-state index in [1.54, 1.807) is 28.8 Å². The molecule has 1 aromatic carbocycles. The Labute approximate surface area is 178 Å². The number of ether oxygens (including phenoxy) is 1. The number of aryl methyl sites for hydroxylation is 1. The summed E-state index contributed by atoms with van der Waals surface area (Å²) in [5, 5.41) is 7.76. The van der Waals surface area contributed by atoms with Crippen molar-refractivity contribution in [3.63, 3.8) is 0 Å². The summed E-state index contributed by atoms with van der Waals surface area (Å²) >= 11 is 8.01. The highest BCUT2D eigenvalue weighted by molar-refractivity contribution is 7.99. The van der Waals surface area contributed by atoms with Crippen molar-refractivity contribution >= 4 is 35.0 Å². The second-order valence-electron chi connectivity index (χ2n) is 6.85. The van der Waals surface area contributed by atoms with Crippen molar-refractivity contribution in [3.05, 3.63) is 53.8 Å². The van der Waals surface area contributed by atoms with Gasteiger partial charge in [-0.05, 0) is 43.2 Å². The minimum atomic E-state index is 0.0163. The van der Waals surface area contributed by atoms with Gasteiger partial charge in [0.05, 0.1) is 10.7 Å². The van der Waals surface area contributed by atoms with Gasteiger partial charge in [0.25, 0.3) is 0 Å². The minimum Gasteiger partial charge on any atom is -0.381 e. The first-order valence-corrected chi connectivity index (χ1v) is 10.6. The number of hydrogen-bond acceptors (Lipinski definition) is 5. The number of amides is 1. The lowest BCUT2D eigenvalue weighted by atomic mass is 9.99. The van der Waals surface area contributed by atoms with Gasteiger partial charge in [0.15, 0.2) is 0 Å². The lowest BCUT2D eigenvalue weighted by molar-refractivity contribution is -0.122. The normalized spacial score (nSPS) is 14.7. The third-order valence-corrected chi connectivity index (χ3v) is 6.05. The maximum atomic E-state index is 12.5. The zero-order valence-corrected chi connectivity index (χ0v) is 17.5. The van der Waals surface area contributed by atoms with Gasteiger partial charge in [-0.3, -0.25) is 14.5 Å². The molecule has 0 bridgehead atoms. The molecule has 0 radical (unpaired) electrons. The number of nitrogens with one attached hydrogen (secondary N) is 1. The first-order valence-electron chi connectivity index (χ1n) is 9.40. The molecule has 0 aliphatic carbocycles. The van der Waals surface area contributed by atoms with E-state index in [4.69, 9.17) is 16.3 Å². The fraction of sp³-hybridized carbons (Fsp3) is 0.286. The van der Waals surface area contributed by atoms with Crippen molar-refractivity contribution in [2.45, 2.75) is 22.6 Å². The molecule has 2 aromatic heterocycles. The summed E-state index contributed by atoms with van der Waals surface area (Å²) in [5.74, 6) is 0.0725. The Bertz CT molecular complexity index is 1020. The van der Waals surface area contributed by atoms with Crippen LogP contribution in [0.15, 0.2) is 58.6 Å².